The van der Waals surface area contributed by atoms with Gasteiger partial charge in [0.2, 0.25) is 5.94 Å². The van der Waals surface area contributed by atoms with Crippen LogP contribution in [0.2, 0.25) is 0 Å². The van der Waals surface area contributed by atoms with Crippen LogP contribution in [-0.4, -0.2) is 20.4 Å². The Morgan fingerprint density at radius 2 is 2.12 bits per heavy atom. The van der Waals surface area contributed by atoms with E-state index in [0.717, 1.165) is 5.56 Å². The number of nitrogens with zero attached hydrogens (tertiary/aromatic N) is 1. The molecule has 0 aliphatic rings. The van der Waals surface area contributed by atoms with Gasteiger partial charge in [0.15, 0.2) is 11.1 Å². The summed E-state index contributed by atoms with van der Waals surface area (Å²) in [4.78, 5) is 4.68. The average Bonchev–Trinajstić information content (AvgIpc) is 2.26. The van der Waals surface area contributed by atoms with Crippen molar-refractivity contribution < 1.29 is 18.0 Å². The molecule has 0 amide bonds. The molecule has 0 saturated carbocycles. The highest BCUT2D eigenvalue weighted by Gasteiger charge is 2.02. The molecule has 0 spiro atoms. The minimum absolute atomic E-state index is 0.323. The highest BCUT2D eigenvalue weighted by molar-refractivity contribution is 7.79. The molecule has 1 rings (SSSR count). The van der Waals surface area contributed by atoms with Gasteiger partial charge in [-0.1, -0.05) is 24.2 Å². The first kappa shape index (κ1) is 12.8. The molecule has 0 radical (unpaired) electrons. The minimum Gasteiger partial charge on any atom is -0.379 e. The van der Waals surface area contributed by atoms with E-state index in [2.05, 4.69) is 9.99 Å². The van der Waals surface area contributed by atoms with Crippen molar-refractivity contribution in [1.82, 2.24) is 0 Å². The second-order valence-electron chi connectivity index (χ2n) is 2.97. The Morgan fingerprint density at radius 1 is 1.50 bits per heavy atom. The maximum Gasteiger partial charge on any atom is 0.216 e. The van der Waals surface area contributed by atoms with Crippen molar-refractivity contribution in [2.75, 3.05) is 5.94 Å². The topological polar surface area (TPSA) is 58.9 Å². The van der Waals surface area contributed by atoms with Gasteiger partial charge in [-0.2, -0.15) is 0 Å². The molecule has 6 heteroatoms. The van der Waals surface area contributed by atoms with Crippen molar-refractivity contribution in [3.63, 3.8) is 0 Å². The van der Waals surface area contributed by atoms with Crippen LogP contribution in [0.15, 0.2) is 29.4 Å². The zero-order valence-corrected chi connectivity index (χ0v) is 9.54. The van der Waals surface area contributed by atoms with Gasteiger partial charge in [0, 0.05) is 0 Å². The lowest BCUT2D eigenvalue weighted by Crippen LogP contribution is -2.03. The van der Waals surface area contributed by atoms with E-state index in [-0.39, 0.29) is 11.8 Å². The SMILES string of the molecule is CCC(=NOCS(=O)O)c1ccc(F)cc1. The van der Waals surface area contributed by atoms with Gasteiger partial charge in [-0.15, -0.1) is 0 Å². The van der Waals surface area contributed by atoms with Gasteiger partial charge >= 0.3 is 0 Å². The predicted octanol–water partition coefficient (Wildman–Crippen LogP) is 2.14. The second kappa shape index (κ2) is 6.34. The van der Waals surface area contributed by atoms with Crippen LogP contribution in [-0.2, 0) is 15.9 Å². The monoisotopic (exact) mass is 245 g/mol. The Labute approximate surface area is 95.4 Å². The zero-order valence-electron chi connectivity index (χ0n) is 8.72. The number of hydrogen-bond acceptors (Lipinski definition) is 3. The summed E-state index contributed by atoms with van der Waals surface area (Å²) in [5, 5.41) is 3.72. The lowest BCUT2D eigenvalue weighted by atomic mass is 10.1. The lowest BCUT2D eigenvalue weighted by molar-refractivity contribution is 0.188. The minimum atomic E-state index is -2.03. The second-order valence-corrected chi connectivity index (χ2v) is 3.85. The van der Waals surface area contributed by atoms with Crippen LogP contribution in [0.25, 0.3) is 0 Å². The molecule has 0 aromatic heterocycles. The smallest absolute Gasteiger partial charge is 0.216 e. The molecular formula is C10H12FNO3S. The Kier molecular flexibility index (Phi) is 5.07. The highest BCUT2D eigenvalue weighted by Crippen LogP contribution is 2.07. The van der Waals surface area contributed by atoms with Crippen molar-refractivity contribution in [1.29, 1.82) is 0 Å². The molecule has 0 heterocycles. The molecule has 0 aliphatic heterocycles. The van der Waals surface area contributed by atoms with E-state index in [1.165, 1.54) is 12.1 Å². The summed E-state index contributed by atoms with van der Waals surface area (Å²) in [6, 6.07) is 5.81. The van der Waals surface area contributed by atoms with Gasteiger partial charge in [0.25, 0.3) is 0 Å². The molecule has 0 fully saturated rings. The van der Waals surface area contributed by atoms with E-state index in [1.807, 2.05) is 6.92 Å². The van der Waals surface area contributed by atoms with E-state index < -0.39 is 11.1 Å². The van der Waals surface area contributed by atoms with Gasteiger partial charge in [-0.05, 0) is 24.1 Å². The molecule has 0 saturated heterocycles. The largest absolute Gasteiger partial charge is 0.379 e. The summed E-state index contributed by atoms with van der Waals surface area (Å²) < 4.78 is 31.5. The average molecular weight is 245 g/mol. The molecule has 1 aromatic carbocycles. The Hall–Kier alpha value is -1.27. The fourth-order valence-corrected chi connectivity index (χ4v) is 1.26. The number of halogens is 1. The summed E-state index contributed by atoms with van der Waals surface area (Å²) in [6.45, 7) is 1.86. The number of hydrogen-bond donors (Lipinski definition) is 1. The first-order chi connectivity index (χ1) is 7.63. The number of oxime groups is 1. The van der Waals surface area contributed by atoms with Crippen LogP contribution in [0.5, 0.6) is 0 Å². The number of benzene rings is 1. The molecule has 1 aromatic rings. The molecule has 16 heavy (non-hydrogen) atoms. The maximum absolute atomic E-state index is 12.7. The van der Waals surface area contributed by atoms with Crippen LogP contribution in [0.3, 0.4) is 0 Å². The van der Waals surface area contributed by atoms with Crippen LogP contribution < -0.4 is 0 Å². The summed E-state index contributed by atoms with van der Waals surface area (Å²) >= 11 is -2.03. The third-order valence-corrected chi connectivity index (χ3v) is 2.15. The van der Waals surface area contributed by atoms with Crippen LogP contribution in [0, 0.1) is 5.82 Å². The fourth-order valence-electron chi connectivity index (χ4n) is 1.11. The fraction of sp³-hybridized carbons (Fsp3) is 0.300. The summed E-state index contributed by atoms with van der Waals surface area (Å²) in [6.07, 6.45) is 0.587. The van der Waals surface area contributed by atoms with Crippen LogP contribution in [0.4, 0.5) is 4.39 Å². The summed E-state index contributed by atoms with van der Waals surface area (Å²) in [5.41, 5.74) is 1.33. The number of rotatable bonds is 5. The first-order valence-electron chi connectivity index (χ1n) is 4.65. The highest BCUT2D eigenvalue weighted by atomic mass is 32.2. The molecular weight excluding hydrogens is 233 g/mol. The molecule has 4 nitrogen and oxygen atoms in total. The van der Waals surface area contributed by atoms with Gasteiger partial charge in [-0.3, -0.25) is 0 Å². The van der Waals surface area contributed by atoms with Crippen molar-refractivity contribution >= 4 is 16.8 Å². The Bertz CT molecular complexity index is 392. The summed E-state index contributed by atoms with van der Waals surface area (Å²) in [7, 11) is 0. The molecule has 0 aliphatic carbocycles. The standard InChI is InChI=1S/C10H12FNO3S/c1-2-10(12-15-7-16(13)14)8-3-5-9(11)6-4-8/h3-6H,2,7H2,1H3,(H,13,14). The Balaban J connectivity index is 2.73. The Morgan fingerprint density at radius 3 is 2.62 bits per heavy atom. The third-order valence-electron chi connectivity index (χ3n) is 1.84. The lowest BCUT2D eigenvalue weighted by Gasteiger charge is -2.03. The van der Waals surface area contributed by atoms with Gasteiger partial charge in [-0.25, -0.2) is 8.60 Å². The van der Waals surface area contributed by atoms with Gasteiger partial charge < -0.3 is 9.39 Å². The molecule has 88 valence electrons. The van der Waals surface area contributed by atoms with E-state index >= 15 is 0 Å². The normalized spacial score (nSPS) is 13.6. The van der Waals surface area contributed by atoms with E-state index in [9.17, 15) is 8.60 Å². The van der Waals surface area contributed by atoms with Gasteiger partial charge in [0.05, 0.1) is 5.71 Å². The molecule has 1 atom stereocenters. The quantitative estimate of drug-likeness (QED) is 0.491. The molecule has 1 unspecified atom stereocenters. The van der Waals surface area contributed by atoms with E-state index in [0.29, 0.717) is 12.1 Å². The third kappa shape index (κ3) is 4.08. The van der Waals surface area contributed by atoms with Crippen molar-refractivity contribution in [2.45, 2.75) is 13.3 Å². The van der Waals surface area contributed by atoms with Crippen LogP contribution >= 0.6 is 0 Å². The first-order valence-corrected chi connectivity index (χ1v) is 5.93. The molecule has 1 N–H and O–H groups in total. The van der Waals surface area contributed by atoms with E-state index in [1.54, 1.807) is 12.1 Å². The van der Waals surface area contributed by atoms with Crippen molar-refractivity contribution in [2.24, 2.45) is 5.16 Å². The summed E-state index contributed by atoms with van der Waals surface area (Å²) in [5.74, 6) is -0.693. The van der Waals surface area contributed by atoms with Crippen LogP contribution in [0.1, 0.15) is 18.9 Å². The zero-order chi connectivity index (χ0) is 12.0. The maximum atomic E-state index is 12.7. The van der Waals surface area contributed by atoms with Crippen molar-refractivity contribution in [3.8, 4) is 0 Å². The van der Waals surface area contributed by atoms with Gasteiger partial charge in [0.1, 0.15) is 5.82 Å². The predicted molar refractivity (Wildman–Crippen MR) is 60.0 cm³/mol. The molecule has 0 bridgehead atoms. The van der Waals surface area contributed by atoms with E-state index in [4.69, 9.17) is 4.55 Å². The van der Waals surface area contributed by atoms with Crippen molar-refractivity contribution in [3.05, 3.63) is 35.6 Å².